The topological polar surface area (TPSA) is 101 Å². The van der Waals surface area contributed by atoms with Gasteiger partial charge in [-0.2, -0.15) is 5.26 Å². The van der Waals surface area contributed by atoms with Crippen molar-refractivity contribution in [3.05, 3.63) is 47.5 Å². The third-order valence-corrected chi connectivity index (χ3v) is 4.24. The monoisotopic (exact) mass is 397 g/mol. The van der Waals surface area contributed by atoms with Crippen molar-refractivity contribution in [2.75, 3.05) is 39.3 Å². The fourth-order valence-corrected chi connectivity index (χ4v) is 2.78. The summed E-state index contributed by atoms with van der Waals surface area (Å²) in [5, 5.41) is 11.7. The number of carbonyl (C=O) groups excluding carboxylic acids is 2. The van der Waals surface area contributed by atoms with Crippen molar-refractivity contribution in [1.82, 2.24) is 5.32 Å². The van der Waals surface area contributed by atoms with E-state index in [9.17, 15) is 9.59 Å². The lowest BCUT2D eigenvalue weighted by molar-refractivity contribution is -0.116. The summed E-state index contributed by atoms with van der Waals surface area (Å²) in [7, 11) is 4.43. The molecule has 2 aromatic rings. The molecule has 0 saturated heterocycles. The summed E-state index contributed by atoms with van der Waals surface area (Å²) < 4.78 is 15.8. The normalized spacial score (nSPS) is 9.90. The molecular formula is C21H23N3O5. The summed E-state index contributed by atoms with van der Waals surface area (Å²) in [6, 6.07) is 11.8. The zero-order chi connectivity index (χ0) is 21.4. The molecule has 2 aromatic carbocycles. The van der Waals surface area contributed by atoms with Crippen LogP contribution in [0.5, 0.6) is 17.2 Å². The standard InChI is InChI=1S/C21H23N3O5/c1-14(25)24(17-7-5-15(13-22)6-8-17)10-9-23-21(26)16-11-18(27-2)20(29-4)19(12-16)28-3/h5-8,11-12H,9-10H2,1-4H3,(H,23,26). The molecule has 0 fully saturated rings. The molecule has 0 radical (unpaired) electrons. The highest BCUT2D eigenvalue weighted by atomic mass is 16.5. The lowest BCUT2D eigenvalue weighted by Gasteiger charge is -2.21. The van der Waals surface area contributed by atoms with Crippen LogP contribution in [0.4, 0.5) is 5.69 Å². The average Bonchev–Trinajstić information content (AvgIpc) is 2.75. The molecule has 0 saturated carbocycles. The summed E-state index contributed by atoms with van der Waals surface area (Å²) in [5.74, 6) is 0.638. The number of amides is 2. The van der Waals surface area contributed by atoms with Crippen LogP contribution in [-0.4, -0.2) is 46.2 Å². The molecule has 152 valence electrons. The SMILES string of the molecule is COc1cc(C(=O)NCCN(C(C)=O)c2ccc(C#N)cc2)cc(OC)c1OC. The Morgan fingerprint density at radius 3 is 2.07 bits per heavy atom. The first kappa shape index (κ1) is 21.6. The van der Waals surface area contributed by atoms with E-state index in [1.165, 1.54) is 33.2 Å². The van der Waals surface area contributed by atoms with Gasteiger partial charge in [0.2, 0.25) is 11.7 Å². The molecular weight excluding hydrogens is 374 g/mol. The predicted molar refractivity (Wildman–Crippen MR) is 108 cm³/mol. The minimum Gasteiger partial charge on any atom is -0.493 e. The van der Waals surface area contributed by atoms with Crippen LogP contribution in [0.3, 0.4) is 0 Å². The lowest BCUT2D eigenvalue weighted by atomic mass is 10.1. The zero-order valence-corrected chi connectivity index (χ0v) is 16.8. The molecule has 2 amide bonds. The summed E-state index contributed by atoms with van der Waals surface area (Å²) in [5.41, 5.74) is 1.50. The number of benzene rings is 2. The van der Waals surface area contributed by atoms with Gasteiger partial charge in [0.05, 0.1) is 33.0 Å². The molecule has 0 aliphatic carbocycles. The Labute approximate surface area is 169 Å². The van der Waals surface area contributed by atoms with Gasteiger partial charge in [0.25, 0.3) is 5.91 Å². The number of nitrogens with one attached hydrogen (secondary N) is 1. The van der Waals surface area contributed by atoms with E-state index in [0.717, 1.165) is 0 Å². The Morgan fingerprint density at radius 1 is 1.03 bits per heavy atom. The molecule has 0 aliphatic rings. The number of rotatable bonds is 8. The van der Waals surface area contributed by atoms with Crippen molar-refractivity contribution < 1.29 is 23.8 Å². The maximum absolute atomic E-state index is 12.5. The predicted octanol–water partition coefficient (Wildman–Crippen LogP) is 2.37. The van der Waals surface area contributed by atoms with E-state index in [0.29, 0.717) is 34.1 Å². The fraction of sp³-hybridized carbons (Fsp3) is 0.286. The molecule has 2 rings (SSSR count). The molecule has 8 nitrogen and oxygen atoms in total. The first-order valence-electron chi connectivity index (χ1n) is 8.81. The smallest absolute Gasteiger partial charge is 0.251 e. The van der Waals surface area contributed by atoms with Gasteiger partial charge in [-0.25, -0.2) is 0 Å². The van der Waals surface area contributed by atoms with Gasteiger partial charge in [0.15, 0.2) is 11.5 Å². The van der Waals surface area contributed by atoms with E-state index in [2.05, 4.69) is 5.32 Å². The molecule has 0 aromatic heterocycles. The lowest BCUT2D eigenvalue weighted by Crippen LogP contribution is -2.37. The molecule has 0 unspecified atom stereocenters. The van der Waals surface area contributed by atoms with Gasteiger partial charge < -0.3 is 24.4 Å². The van der Waals surface area contributed by atoms with Crippen LogP contribution in [0.1, 0.15) is 22.8 Å². The summed E-state index contributed by atoms with van der Waals surface area (Å²) in [6.45, 7) is 1.95. The van der Waals surface area contributed by atoms with Gasteiger partial charge in [-0.3, -0.25) is 9.59 Å². The van der Waals surface area contributed by atoms with Crippen molar-refractivity contribution >= 4 is 17.5 Å². The highest BCUT2D eigenvalue weighted by Crippen LogP contribution is 2.38. The summed E-state index contributed by atoms with van der Waals surface area (Å²) in [4.78, 5) is 26.1. The van der Waals surface area contributed by atoms with Crippen LogP contribution in [0.15, 0.2) is 36.4 Å². The van der Waals surface area contributed by atoms with Crippen molar-refractivity contribution in [3.63, 3.8) is 0 Å². The second-order valence-electron chi connectivity index (χ2n) is 6.00. The number of ether oxygens (including phenoxy) is 3. The van der Waals surface area contributed by atoms with E-state index in [1.54, 1.807) is 36.4 Å². The number of anilines is 1. The van der Waals surface area contributed by atoms with Crippen molar-refractivity contribution in [3.8, 4) is 23.3 Å². The second-order valence-corrected chi connectivity index (χ2v) is 6.00. The first-order valence-corrected chi connectivity index (χ1v) is 8.81. The summed E-state index contributed by atoms with van der Waals surface area (Å²) >= 11 is 0. The van der Waals surface area contributed by atoms with Crippen molar-refractivity contribution in [1.29, 1.82) is 5.26 Å². The molecule has 0 spiro atoms. The van der Waals surface area contributed by atoms with E-state index in [-0.39, 0.29) is 24.9 Å². The second kappa shape index (κ2) is 9.99. The minimum atomic E-state index is -0.340. The van der Waals surface area contributed by atoms with Crippen LogP contribution in [0, 0.1) is 11.3 Å². The van der Waals surface area contributed by atoms with Crippen molar-refractivity contribution in [2.45, 2.75) is 6.92 Å². The Morgan fingerprint density at radius 2 is 1.62 bits per heavy atom. The van der Waals surface area contributed by atoms with Gasteiger partial charge in [-0.15, -0.1) is 0 Å². The van der Waals surface area contributed by atoms with Gasteiger partial charge >= 0.3 is 0 Å². The van der Waals surface area contributed by atoms with Crippen LogP contribution in [-0.2, 0) is 4.79 Å². The Kier molecular flexibility index (Phi) is 7.43. The van der Waals surface area contributed by atoms with Crippen LogP contribution >= 0.6 is 0 Å². The third-order valence-electron chi connectivity index (χ3n) is 4.24. The summed E-state index contributed by atoms with van der Waals surface area (Å²) in [6.07, 6.45) is 0. The number of hydrogen-bond acceptors (Lipinski definition) is 6. The third kappa shape index (κ3) is 5.17. The maximum Gasteiger partial charge on any atom is 0.251 e. The van der Waals surface area contributed by atoms with Gasteiger partial charge in [0.1, 0.15) is 0 Å². The van der Waals surface area contributed by atoms with Crippen LogP contribution in [0.2, 0.25) is 0 Å². The molecule has 1 N–H and O–H groups in total. The minimum absolute atomic E-state index is 0.170. The van der Waals surface area contributed by atoms with E-state index >= 15 is 0 Å². The Balaban J connectivity index is 2.09. The molecule has 8 heteroatoms. The number of nitrogens with zero attached hydrogens (tertiary/aromatic N) is 2. The number of nitriles is 1. The molecule has 29 heavy (non-hydrogen) atoms. The van der Waals surface area contributed by atoms with Crippen LogP contribution in [0.25, 0.3) is 0 Å². The van der Waals surface area contributed by atoms with Gasteiger partial charge in [-0.05, 0) is 36.4 Å². The fourth-order valence-electron chi connectivity index (χ4n) is 2.78. The molecule has 0 aliphatic heterocycles. The highest BCUT2D eigenvalue weighted by molar-refractivity contribution is 5.96. The number of carbonyl (C=O) groups is 2. The number of methoxy groups -OCH3 is 3. The zero-order valence-electron chi connectivity index (χ0n) is 16.8. The van der Waals surface area contributed by atoms with E-state index < -0.39 is 0 Å². The van der Waals surface area contributed by atoms with Gasteiger partial charge in [0, 0.05) is 31.3 Å². The van der Waals surface area contributed by atoms with E-state index in [4.69, 9.17) is 19.5 Å². The largest absolute Gasteiger partial charge is 0.493 e. The molecule has 0 heterocycles. The van der Waals surface area contributed by atoms with Gasteiger partial charge in [-0.1, -0.05) is 0 Å². The first-order chi connectivity index (χ1) is 13.9. The number of hydrogen-bond donors (Lipinski definition) is 1. The average molecular weight is 397 g/mol. The van der Waals surface area contributed by atoms with Crippen LogP contribution < -0.4 is 24.4 Å². The Hall–Kier alpha value is -3.73. The molecule has 0 atom stereocenters. The Bertz CT molecular complexity index is 894. The quantitative estimate of drug-likeness (QED) is 0.734. The van der Waals surface area contributed by atoms with Crippen molar-refractivity contribution in [2.24, 2.45) is 0 Å². The highest BCUT2D eigenvalue weighted by Gasteiger charge is 2.17. The molecule has 0 bridgehead atoms. The van der Waals surface area contributed by atoms with E-state index in [1.807, 2.05) is 6.07 Å². The maximum atomic E-state index is 12.5.